The van der Waals surface area contributed by atoms with E-state index in [0.29, 0.717) is 0 Å². The fourth-order valence-corrected chi connectivity index (χ4v) is 2.28. The minimum Gasteiger partial charge on any atom is -0.478 e. The molecule has 19 heavy (non-hydrogen) atoms. The molecule has 6 heteroatoms. The lowest BCUT2D eigenvalue weighted by molar-refractivity contribution is 0.0695. The van der Waals surface area contributed by atoms with E-state index < -0.39 is 17.7 Å². The molecule has 0 aromatic heterocycles. The van der Waals surface area contributed by atoms with Gasteiger partial charge in [-0.25, -0.2) is 9.18 Å². The summed E-state index contributed by atoms with van der Waals surface area (Å²) in [5.41, 5.74) is -0.310. The number of rotatable bonds is 6. The summed E-state index contributed by atoms with van der Waals surface area (Å²) in [6, 6.07) is 3.24. The third kappa shape index (κ3) is 4.24. The minimum absolute atomic E-state index is 0.0268. The van der Waals surface area contributed by atoms with Crippen molar-refractivity contribution in [2.75, 3.05) is 12.0 Å². The number of halogens is 1. The maximum Gasteiger partial charge on any atom is 0.335 e. The number of benzene rings is 1. The van der Waals surface area contributed by atoms with Crippen LogP contribution in [0.15, 0.2) is 18.2 Å². The van der Waals surface area contributed by atoms with Crippen LogP contribution in [0.3, 0.4) is 0 Å². The van der Waals surface area contributed by atoms with E-state index >= 15 is 0 Å². The number of carbonyl (C=O) groups is 2. The smallest absolute Gasteiger partial charge is 0.335 e. The Kier molecular flexibility index (Phi) is 5.82. The summed E-state index contributed by atoms with van der Waals surface area (Å²) in [6.07, 6.45) is 2.68. The number of amides is 1. The molecule has 0 radical (unpaired) electrons. The summed E-state index contributed by atoms with van der Waals surface area (Å²) in [4.78, 5) is 22.6. The van der Waals surface area contributed by atoms with Gasteiger partial charge in [0.2, 0.25) is 0 Å². The van der Waals surface area contributed by atoms with E-state index in [1.54, 1.807) is 11.8 Å². The van der Waals surface area contributed by atoms with Crippen molar-refractivity contribution in [3.8, 4) is 0 Å². The van der Waals surface area contributed by atoms with Crippen LogP contribution in [-0.4, -0.2) is 35.0 Å². The van der Waals surface area contributed by atoms with Crippen molar-refractivity contribution in [3.63, 3.8) is 0 Å². The summed E-state index contributed by atoms with van der Waals surface area (Å²) in [7, 11) is 0. The van der Waals surface area contributed by atoms with E-state index in [1.807, 2.05) is 13.2 Å². The number of carboxylic acid groups (broad SMARTS) is 1. The highest BCUT2D eigenvalue weighted by Gasteiger charge is 2.17. The monoisotopic (exact) mass is 285 g/mol. The standard InChI is InChI=1S/C13H16FNO3S/c1-3-9(7-19-2)15-12(16)10-5-4-8(13(17)18)6-11(10)14/h4-6,9H,3,7H2,1-2H3,(H,15,16)(H,17,18). The van der Waals surface area contributed by atoms with E-state index in [2.05, 4.69) is 5.32 Å². The molecule has 1 atom stereocenters. The van der Waals surface area contributed by atoms with E-state index in [-0.39, 0.29) is 17.2 Å². The van der Waals surface area contributed by atoms with Gasteiger partial charge in [0.15, 0.2) is 0 Å². The van der Waals surface area contributed by atoms with Crippen molar-refractivity contribution in [1.82, 2.24) is 5.32 Å². The van der Waals surface area contributed by atoms with E-state index in [9.17, 15) is 14.0 Å². The zero-order valence-electron chi connectivity index (χ0n) is 10.8. The fourth-order valence-electron chi connectivity index (χ4n) is 1.56. The lowest BCUT2D eigenvalue weighted by Gasteiger charge is -2.16. The van der Waals surface area contributed by atoms with Gasteiger partial charge in [-0.2, -0.15) is 11.8 Å². The number of hydrogen-bond acceptors (Lipinski definition) is 3. The third-order valence-electron chi connectivity index (χ3n) is 2.66. The molecule has 0 heterocycles. The number of nitrogens with one attached hydrogen (secondary N) is 1. The molecule has 0 aliphatic rings. The van der Waals surface area contributed by atoms with E-state index in [0.717, 1.165) is 18.2 Å². The summed E-state index contributed by atoms with van der Waals surface area (Å²) >= 11 is 1.60. The van der Waals surface area contributed by atoms with Gasteiger partial charge in [0, 0.05) is 11.8 Å². The summed E-state index contributed by atoms with van der Waals surface area (Å²) in [5, 5.41) is 11.4. The molecule has 1 amide bonds. The summed E-state index contributed by atoms with van der Waals surface area (Å²) in [5.74, 6) is -1.82. The normalized spacial score (nSPS) is 11.9. The maximum absolute atomic E-state index is 13.7. The molecule has 0 saturated carbocycles. The van der Waals surface area contributed by atoms with Gasteiger partial charge in [0.05, 0.1) is 11.1 Å². The fraction of sp³-hybridized carbons (Fsp3) is 0.385. The van der Waals surface area contributed by atoms with Crippen LogP contribution in [0.25, 0.3) is 0 Å². The Bertz CT molecular complexity index is 479. The average Bonchev–Trinajstić information content (AvgIpc) is 2.37. The molecule has 1 unspecified atom stereocenters. The Morgan fingerprint density at radius 2 is 2.16 bits per heavy atom. The maximum atomic E-state index is 13.7. The predicted molar refractivity (Wildman–Crippen MR) is 73.3 cm³/mol. The molecule has 2 N–H and O–H groups in total. The van der Waals surface area contributed by atoms with Gasteiger partial charge >= 0.3 is 5.97 Å². The van der Waals surface area contributed by atoms with Crippen LogP contribution in [-0.2, 0) is 0 Å². The lowest BCUT2D eigenvalue weighted by atomic mass is 10.1. The first kappa shape index (κ1) is 15.5. The van der Waals surface area contributed by atoms with Crippen LogP contribution in [0.4, 0.5) is 4.39 Å². The second kappa shape index (κ2) is 7.13. The van der Waals surface area contributed by atoms with E-state index in [1.165, 1.54) is 12.1 Å². The zero-order valence-corrected chi connectivity index (χ0v) is 11.6. The highest BCUT2D eigenvalue weighted by Crippen LogP contribution is 2.12. The molecule has 0 aliphatic heterocycles. The number of carboxylic acids is 1. The van der Waals surface area contributed by atoms with Crippen LogP contribution >= 0.6 is 11.8 Å². The van der Waals surface area contributed by atoms with Gasteiger partial charge < -0.3 is 10.4 Å². The summed E-state index contributed by atoms with van der Waals surface area (Å²) in [6.45, 7) is 1.94. The van der Waals surface area contributed by atoms with Gasteiger partial charge in [-0.1, -0.05) is 6.92 Å². The molecule has 1 aromatic carbocycles. The van der Waals surface area contributed by atoms with Gasteiger partial charge in [0.1, 0.15) is 5.82 Å². The molecular formula is C13H16FNO3S. The zero-order chi connectivity index (χ0) is 14.4. The van der Waals surface area contributed by atoms with Crippen LogP contribution in [0, 0.1) is 5.82 Å². The molecule has 0 fully saturated rings. The number of aromatic carboxylic acids is 1. The molecule has 0 aliphatic carbocycles. The van der Waals surface area contributed by atoms with Crippen molar-refractivity contribution in [2.24, 2.45) is 0 Å². The molecule has 4 nitrogen and oxygen atoms in total. The topological polar surface area (TPSA) is 66.4 Å². The largest absolute Gasteiger partial charge is 0.478 e. The molecule has 104 valence electrons. The predicted octanol–water partition coefficient (Wildman–Crippen LogP) is 2.40. The number of thioether (sulfide) groups is 1. The molecule has 0 spiro atoms. The van der Waals surface area contributed by atoms with Crippen LogP contribution in [0.2, 0.25) is 0 Å². The molecular weight excluding hydrogens is 269 g/mol. The van der Waals surface area contributed by atoms with Gasteiger partial charge in [-0.15, -0.1) is 0 Å². The molecule has 1 aromatic rings. The first-order valence-electron chi connectivity index (χ1n) is 5.82. The van der Waals surface area contributed by atoms with Crippen molar-refractivity contribution in [2.45, 2.75) is 19.4 Å². The molecule has 1 rings (SSSR count). The minimum atomic E-state index is -1.22. The van der Waals surface area contributed by atoms with E-state index in [4.69, 9.17) is 5.11 Å². The second-order valence-corrected chi connectivity index (χ2v) is 4.94. The molecule has 0 bridgehead atoms. The van der Waals surface area contributed by atoms with Gasteiger partial charge in [0.25, 0.3) is 5.91 Å². The highest BCUT2D eigenvalue weighted by atomic mass is 32.2. The van der Waals surface area contributed by atoms with Gasteiger partial charge in [-0.3, -0.25) is 4.79 Å². The Morgan fingerprint density at radius 1 is 1.47 bits per heavy atom. The van der Waals surface area contributed by atoms with Crippen molar-refractivity contribution in [3.05, 3.63) is 35.1 Å². The number of hydrogen-bond donors (Lipinski definition) is 2. The van der Waals surface area contributed by atoms with Gasteiger partial charge in [-0.05, 0) is 30.9 Å². The highest BCUT2D eigenvalue weighted by molar-refractivity contribution is 7.98. The Hall–Kier alpha value is -1.56. The first-order chi connectivity index (χ1) is 8.99. The van der Waals surface area contributed by atoms with Crippen molar-refractivity contribution >= 4 is 23.6 Å². The van der Waals surface area contributed by atoms with Crippen LogP contribution in [0.5, 0.6) is 0 Å². The van der Waals surface area contributed by atoms with Crippen molar-refractivity contribution < 1.29 is 19.1 Å². The van der Waals surface area contributed by atoms with Crippen LogP contribution < -0.4 is 5.32 Å². The lowest BCUT2D eigenvalue weighted by Crippen LogP contribution is -2.36. The Balaban J connectivity index is 2.85. The SMILES string of the molecule is CCC(CSC)NC(=O)c1ccc(C(=O)O)cc1F. The third-order valence-corrected chi connectivity index (χ3v) is 3.39. The van der Waals surface area contributed by atoms with Crippen LogP contribution in [0.1, 0.15) is 34.1 Å². The number of carbonyl (C=O) groups excluding carboxylic acids is 1. The second-order valence-electron chi connectivity index (χ2n) is 4.03. The average molecular weight is 285 g/mol. The first-order valence-corrected chi connectivity index (χ1v) is 7.21. The molecule has 0 saturated heterocycles. The van der Waals surface area contributed by atoms with Crippen molar-refractivity contribution in [1.29, 1.82) is 0 Å². The quantitative estimate of drug-likeness (QED) is 0.842. The Labute approximate surface area is 115 Å². The Morgan fingerprint density at radius 3 is 2.63 bits per heavy atom. The summed E-state index contributed by atoms with van der Waals surface area (Å²) < 4.78 is 13.7.